The van der Waals surface area contributed by atoms with Crippen LogP contribution in [-0.2, 0) is 22.6 Å². The fraction of sp³-hybridized carbons (Fsp3) is 0.425. The van der Waals surface area contributed by atoms with E-state index >= 15 is 0 Å². The van der Waals surface area contributed by atoms with Crippen LogP contribution >= 0.6 is 11.3 Å². The number of likely N-dealkylation sites (tertiary alicyclic amines) is 1. The normalized spacial score (nSPS) is 17.5. The van der Waals surface area contributed by atoms with E-state index in [-0.39, 0.29) is 36.3 Å². The lowest BCUT2D eigenvalue weighted by Gasteiger charge is -2.40. The lowest BCUT2D eigenvalue weighted by Crippen LogP contribution is -2.59. The van der Waals surface area contributed by atoms with Crippen molar-refractivity contribution >= 4 is 56.7 Å². The first-order chi connectivity index (χ1) is 26.4. The molecular formula is C40H49N9O4S. The third kappa shape index (κ3) is 8.77. The second-order valence-corrected chi connectivity index (χ2v) is 15.4. The number of hydrogen-bond acceptors (Lipinski definition) is 8. The molecular weight excluding hydrogens is 703 g/mol. The summed E-state index contributed by atoms with van der Waals surface area (Å²) in [4.78, 5) is 67.8. The molecule has 0 unspecified atom stereocenters. The number of rotatable bonds is 12. The molecule has 0 bridgehead atoms. The first kappa shape index (κ1) is 37.1. The molecule has 54 heavy (non-hydrogen) atoms. The molecule has 3 aliphatic rings. The van der Waals surface area contributed by atoms with Crippen molar-refractivity contribution < 1.29 is 19.2 Å². The van der Waals surface area contributed by atoms with Crippen molar-refractivity contribution in [2.24, 2.45) is 5.73 Å². The molecule has 2 aromatic carbocycles. The van der Waals surface area contributed by atoms with Crippen LogP contribution in [0.5, 0.6) is 0 Å². The van der Waals surface area contributed by atoms with Gasteiger partial charge in [-0.05, 0) is 79.9 Å². The zero-order chi connectivity index (χ0) is 37.4. The van der Waals surface area contributed by atoms with E-state index in [9.17, 15) is 19.2 Å². The number of para-hydroxylation sites is 1. The maximum Gasteiger partial charge on any atom is 0.322 e. The average Bonchev–Trinajstić information content (AvgIpc) is 3.63. The summed E-state index contributed by atoms with van der Waals surface area (Å²) in [6.07, 6.45) is 6.95. The summed E-state index contributed by atoms with van der Waals surface area (Å²) in [5.41, 5.74) is 8.78. The Balaban J connectivity index is 1.02. The molecule has 13 nitrogen and oxygen atoms in total. The highest BCUT2D eigenvalue weighted by Gasteiger charge is 2.35. The van der Waals surface area contributed by atoms with Crippen LogP contribution in [0.1, 0.15) is 42.5 Å². The number of unbranched alkanes of at least 4 members (excludes halogenated alkanes) is 1. The fourth-order valence-electron chi connectivity index (χ4n) is 7.67. The number of anilines is 2. The highest BCUT2D eigenvalue weighted by Crippen LogP contribution is 2.29. The Morgan fingerprint density at radius 2 is 1.61 bits per heavy atom. The highest BCUT2D eigenvalue weighted by molar-refractivity contribution is 7.19. The zero-order valence-electron chi connectivity index (χ0n) is 30.5. The summed E-state index contributed by atoms with van der Waals surface area (Å²) < 4.78 is 1.10. The fourth-order valence-corrected chi connectivity index (χ4v) is 8.78. The number of nitrogens with one attached hydrogen (secondary N) is 3. The number of fused-ring (bicyclic) bond motifs is 2. The summed E-state index contributed by atoms with van der Waals surface area (Å²) >= 11 is 1.59. The van der Waals surface area contributed by atoms with Crippen molar-refractivity contribution in [3.8, 4) is 0 Å². The molecule has 0 aliphatic carbocycles. The lowest BCUT2D eigenvalue weighted by atomic mass is 10.0. The van der Waals surface area contributed by atoms with Crippen LogP contribution in [0.25, 0.3) is 10.1 Å². The Morgan fingerprint density at radius 1 is 0.870 bits per heavy atom. The number of amides is 6. The van der Waals surface area contributed by atoms with Crippen molar-refractivity contribution in [3.63, 3.8) is 0 Å². The van der Waals surface area contributed by atoms with Gasteiger partial charge in [-0.3, -0.25) is 14.6 Å². The highest BCUT2D eigenvalue weighted by atomic mass is 32.1. The topological polar surface area (TPSA) is 156 Å². The lowest BCUT2D eigenvalue weighted by molar-refractivity contribution is -0.137. The van der Waals surface area contributed by atoms with Crippen LogP contribution in [0.3, 0.4) is 0 Å². The molecule has 4 aromatic rings. The molecule has 5 heterocycles. The number of thiophene rings is 1. The maximum atomic E-state index is 14.2. The molecule has 0 radical (unpaired) electrons. The largest absolute Gasteiger partial charge is 0.368 e. The van der Waals surface area contributed by atoms with Gasteiger partial charge in [0.25, 0.3) is 0 Å². The maximum absolute atomic E-state index is 14.2. The van der Waals surface area contributed by atoms with Crippen LogP contribution < -0.4 is 26.6 Å². The number of carbonyl (C=O) groups excluding carboxylic acids is 4. The SMILES string of the molecule is NCCCC[C@H](NC(=O)[C@@H](Cc1cc2ccccc2s1)NC(=O)N1CCC(N2Cc3ccccc3NC2=O)CC1)C(=O)N1CCN(c2ccncc2)CC1. The van der Waals surface area contributed by atoms with Crippen LogP contribution in [0.15, 0.2) is 79.1 Å². The van der Waals surface area contributed by atoms with Crippen molar-refractivity contribution in [1.82, 2.24) is 30.3 Å². The molecule has 2 saturated heterocycles. The number of urea groups is 2. The number of nitrogens with zero attached hydrogens (tertiary/aromatic N) is 5. The number of benzene rings is 2. The van der Waals surface area contributed by atoms with E-state index in [1.54, 1.807) is 28.6 Å². The second kappa shape index (κ2) is 17.3. The number of hydrogen-bond donors (Lipinski definition) is 4. The van der Waals surface area contributed by atoms with Gasteiger partial charge >= 0.3 is 12.1 Å². The van der Waals surface area contributed by atoms with E-state index in [2.05, 4.69) is 31.9 Å². The number of piperazine rings is 1. The number of aromatic nitrogens is 1. The molecule has 2 atom stereocenters. The molecule has 0 spiro atoms. The van der Waals surface area contributed by atoms with Crippen LogP contribution in [0.4, 0.5) is 21.0 Å². The van der Waals surface area contributed by atoms with Crippen molar-refractivity contribution in [2.45, 2.75) is 63.2 Å². The molecule has 7 rings (SSSR count). The molecule has 3 aliphatic heterocycles. The van der Waals surface area contributed by atoms with Crippen LogP contribution in [0, 0.1) is 0 Å². The molecule has 14 heteroatoms. The van der Waals surface area contributed by atoms with E-state index in [0.717, 1.165) is 38.3 Å². The van der Waals surface area contributed by atoms with E-state index < -0.39 is 12.1 Å². The van der Waals surface area contributed by atoms with Gasteiger partial charge in [-0.2, -0.15) is 0 Å². The Labute approximate surface area is 319 Å². The molecule has 6 amide bonds. The smallest absolute Gasteiger partial charge is 0.322 e. The predicted molar refractivity (Wildman–Crippen MR) is 211 cm³/mol. The van der Waals surface area contributed by atoms with Crippen LogP contribution in [-0.4, -0.2) is 107 Å². The Hall–Kier alpha value is -5.21. The minimum Gasteiger partial charge on any atom is -0.368 e. The predicted octanol–water partition coefficient (Wildman–Crippen LogP) is 4.39. The molecule has 2 fully saturated rings. The summed E-state index contributed by atoms with van der Waals surface area (Å²) in [5, 5.41) is 10.2. The van der Waals surface area contributed by atoms with Gasteiger partial charge in [0.1, 0.15) is 12.1 Å². The minimum atomic E-state index is -0.902. The van der Waals surface area contributed by atoms with Crippen molar-refractivity contribution in [1.29, 1.82) is 0 Å². The molecule has 5 N–H and O–H groups in total. The van der Waals surface area contributed by atoms with E-state index in [4.69, 9.17) is 5.73 Å². The van der Waals surface area contributed by atoms with Gasteiger partial charge < -0.3 is 41.3 Å². The average molecular weight is 752 g/mol. The van der Waals surface area contributed by atoms with Gasteiger partial charge in [0, 0.05) is 91.6 Å². The van der Waals surface area contributed by atoms with Crippen LogP contribution in [0.2, 0.25) is 0 Å². The number of pyridine rings is 1. The zero-order valence-corrected chi connectivity index (χ0v) is 31.3. The second-order valence-electron chi connectivity index (χ2n) is 14.3. The van der Waals surface area contributed by atoms with Gasteiger partial charge in [0.15, 0.2) is 0 Å². The van der Waals surface area contributed by atoms with Gasteiger partial charge in [0.05, 0.1) is 0 Å². The Morgan fingerprint density at radius 3 is 2.37 bits per heavy atom. The van der Waals surface area contributed by atoms with Gasteiger partial charge in [-0.1, -0.05) is 36.4 Å². The summed E-state index contributed by atoms with van der Waals surface area (Å²) in [6, 6.07) is 19.7. The molecule has 0 saturated carbocycles. The minimum absolute atomic E-state index is 0.00749. The monoisotopic (exact) mass is 751 g/mol. The number of piperidine rings is 1. The standard InChI is InChI=1S/C40H49N9O4S/c41-16-6-5-10-34(38(51)47-23-21-46(22-24-47)30-12-17-42-18-13-30)43-37(50)35(26-32-25-28-7-2-4-11-36(28)54-32)45-39(52)48-19-14-31(15-20-48)49-27-29-8-1-3-9-33(29)44-40(49)53/h1-4,7-9,11-13,17-18,25,31,34-35H,5-6,10,14-16,19-24,26-27,41H2,(H,43,50)(H,44,53)(H,45,52)/t34-,35+/m0/s1. The van der Waals surface area contributed by atoms with E-state index in [1.165, 1.54) is 0 Å². The van der Waals surface area contributed by atoms with Crippen molar-refractivity contribution in [2.75, 3.05) is 56.0 Å². The van der Waals surface area contributed by atoms with E-state index in [1.807, 2.05) is 70.5 Å². The van der Waals surface area contributed by atoms with Crippen molar-refractivity contribution in [3.05, 3.63) is 89.6 Å². The first-order valence-corrected chi connectivity index (χ1v) is 19.8. The number of nitrogens with two attached hydrogens (primary N) is 1. The Bertz CT molecular complexity index is 1890. The summed E-state index contributed by atoms with van der Waals surface area (Å²) in [7, 11) is 0. The van der Waals surface area contributed by atoms with Gasteiger partial charge in [0.2, 0.25) is 11.8 Å². The Kier molecular flexibility index (Phi) is 11.9. The molecule has 2 aromatic heterocycles. The first-order valence-electron chi connectivity index (χ1n) is 19.0. The third-order valence-corrected chi connectivity index (χ3v) is 11.9. The van der Waals surface area contributed by atoms with Gasteiger partial charge in [-0.15, -0.1) is 11.3 Å². The quantitative estimate of drug-likeness (QED) is 0.157. The number of carbonyl (C=O) groups is 4. The summed E-state index contributed by atoms with van der Waals surface area (Å²) in [6.45, 7) is 4.35. The molecule has 284 valence electrons. The van der Waals surface area contributed by atoms with Gasteiger partial charge in [-0.25, -0.2) is 9.59 Å². The third-order valence-electron chi connectivity index (χ3n) is 10.7. The summed E-state index contributed by atoms with van der Waals surface area (Å²) in [5.74, 6) is -0.506. The van der Waals surface area contributed by atoms with E-state index in [0.29, 0.717) is 78.0 Å².